The molecule has 0 bridgehead atoms. The molecule has 2 N–H and O–H groups in total. The Hall–Kier alpha value is -1.48. The van der Waals surface area contributed by atoms with Gasteiger partial charge in [-0.2, -0.15) is 0 Å². The van der Waals surface area contributed by atoms with Crippen molar-refractivity contribution in [3.63, 3.8) is 0 Å². The molecule has 0 aromatic rings. The van der Waals surface area contributed by atoms with E-state index in [1.54, 1.807) is 12.2 Å². The lowest BCUT2D eigenvalue weighted by Gasteiger charge is -2.02. The Labute approximate surface area is 161 Å². The lowest BCUT2D eigenvalue weighted by Crippen LogP contribution is -1.95. The van der Waals surface area contributed by atoms with E-state index in [4.69, 9.17) is 12.8 Å². The highest BCUT2D eigenvalue weighted by atomic mass is 16.3. The average molecular weight is 359 g/mol. The van der Waals surface area contributed by atoms with Gasteiger partial charge in [0.25, 0.3) is 0 Å². The lowest BCUT2D eigenvalue weighted by atomic mass is 10.0. The van der Waals surface area contributed by atoms with E-state index in [1.807, 2.05) is 12.2 Å². The number of rotatable bonds is 17. The minimum Gasteiger partial charge on any atom is -0.377 e. The molecule has 2 unspecified atom stereocenters. The number of allylic oxidation sites excluding steroid dienone is 2. The minimum absolute atomic E-state index is 0.722. The van der Waals surface area contributed by atoms with Gasteiger partial charge < -0.3 is 10.2 Å². The molecular formula is C24H38O2. The van der Waals surface area contributed by atoms with E-state index < -0.39 is 12.2 Å². The second kappa shape index (κ2) is 19.8. The number of unbranched alkanes of at least 4 members (excludes halogenated alkanes) is 13. The highest BCUT2D eigenvalue weighted by Crippen LogP contribution is 2.13. The molecule has 0 saturated heterocycles. The highest BCUT2D eigenvalue weighted by Gasteiger charge is 1.94. The Morgan fingerprint density at radius 1 is 0.538 bits per heavy atom. The van der Waals surface area contributed by atoms with E-state index in [9.17, 15) is 10.2 Å². The summed E-state index contributed by atoms with van der Waals surface area (Å²) in [6, 6.07) is 0. The van der Waals surface area contributed by atoms with Crippen LogP contribution < -0.4 is 0 Å². The Bertz CT molecular complexity index is 394. The molecule has 0 aliphatic heterocycles. The van der Waals surface area contributed by atoms with Crippen molar-refractivity contribution in [2.24, 2.45) is 0 Å². The topological polar surface area (TPSA) is 40.5 Å². The summed E-state index contributed by atoms with van der Waals surface area (Å²) in [7, 11) is 0. The molecule has 0 aliphatic rings. The van der Waals surface area contributed by atoms with Crippen LogP contribution in [0.15, 0.2) is 24.3 Å². The summed E-state index contributed by atoms with van der Waals surface area (Å²) < 4.78 is 0. The van der Waals surface area contributed by atoms with Crippen molar-refractivity contribution >= 4 is 0 Å². The van der Waals surface area contributed by atoms with Gasteiger partial charge in [-0.1, -0.05) is 88.2 Å². The normalized spacial score (nSPS) is 13.7. The molecule has 0 radical (unpaired) electrons. The lowest BCUT2D eigenvalue weighted by molar-refractivity contribution is 0.280. The highest BCUT2D eigenvalue weighted by molar-refractivity contribution is 5.06. The van der Waals surface area contributed by atoms with Gasteiger partial charge in [0.2, 0.25) is 0 Å². The van der Waals surface area contributed by atoms with Crippen molar-refractivity contribution in [3.8, 4) is 24.7 Å². The van der Waals surface area contributed by atoms with Crippen LogP contribution in [0.3, 0.4) is 0 Å². The molecule has 0 rings (SSSR count). The molecule has 2 atom stereocenters. The average Bonchev–Trinajstić information content (AvgIpc) is 2.66. The first kappa shape index (κ1) is 24.5. The summed E-state index contributed by atoms with van der Waals surface area (Å²) in [5, 5.41) is 18.3. The summed E-state index contributed by atoms with van der Waals surface area (Å²) in [5.41, 5.74) is 0. The maximum atomic E-state index is 9.17. The molecule has 0 aromatic heterocycles. The van der Waals surface area contributed by atoms with Gasteiger partial charge in [-0.15, -0.1) is 12.8 Å². The van der Waals surface area contributed by atoms with Crippen LogP contribution in [0.4, 0.5) is 0 Å². The molecule has 26 heavy (non-hydrogen) atoms. The van der Waals surface area contributed by atoms with Crippen LogP contribution in [0.5, 0.6) is 0 Å². The van der Waals surface area contributed by atoms with Crippen LogP contribution in [-0.4, -0.2) is 22.4 Å². The first-order valence-electron chi connectivity index (χ1n) is 10.3. The van der Waals surface area contributed by atoms with E-state index >= 15 is 0 Å². The van der Waals surface area contributed by atoms with E-state index in [0.717, 1.165) is 12.8 Å². The molecule has 0 aromatic carbocycles. The minimum atomic E-state index is -0.722. The van der Waals surface area contributed by atoms with Gasteiger partial charge in [0.1, 0.15) is 12.2 Å². The Balaban J connectivity index is 3.16. The van der Waals surface area contributed by atoms with Crippen LogP contribution in [0, 0.1) is 24.7 Å². The van der Waals surface area contributed by atoms with Crippen LogP contribution in [-0.2, 0) is 0 Å². The van der Waals surface area contributed by atoms with Crippen molar-refractivity contribution in [2.45, 2.75) is 102 Å². The van der Waals surface area contributed by atoms with E-state index in [2.05, 4.69) is 11.8 Å². The number of terminal acetylenes is 2. The quantitative estimate of drug-likeness (QED) is 0.203. The smallest absolute Gasteiger partial charge is 0.133 e. The van der Waals surface area contributed by atoms with Crippen molar-refractivity contribution < 1.29 is 10.2 Å². The van der Waals surface area contributed by atoms with Gasteiger partial charge in [0.05, 0.1) is 0 Å². The molecule has 0 amide bonds. The summed E-state index contributed by atoms with van der Waals surface area (Å²) >= 11 is 0. The van der Waals surface area contributed by atoms with Crippen LogP contribution >= 0.6 is 0 Å². The zero-order valence-corrected chi connectivity index (χ0v) is 16.4. The maximum absolute atomic E-state index is 9.17. The third-order valence-electron chi connectivity index (χ3n) is 4.47. The van der Waals surface area contributed by atoms with Crippen molar-refractivity contribution in [2.75, 3.05) is 0 Å². The number of hydrogen-bond donors (Lipinski definition) is 2. The van der Waals surface area contributed by atoms with Gasteiger partial charge in [-0.05, 0) is 37.8 Å². The largest absolute Gasteiger partial charge is 0.377 e. The molecule has 146 valence electrons. The van der Waals surface area contributed by atoms with Gasteiger partial charge >= 0.3 is 0 Å². The van der Waals surface area contributed by atoms with Crippen molar-refractivity contribution in [3.05, 3.63) is 24.3 Å². The van der Waals surface area contributed by atoms with Crippen LogP contribution in [0.2, 0.25) is 0 Å². The standard InChI is InChI=1S/C24H38O2/c1-3-23(25)21-19-17-15-13-11-9-7-5-6-8-10-12-14-16-18-20-22-24(26)4-2/h1-2,19-26H,5-18H2/b21-19+,22-20+. The summed E-state index contributed by atoms with van der Waals surface area (Å²) in [6.45, 7) is 0. The molecular weight excluding hydrogens is 320 g/mol. The molecule has 0 fully saturated rings. The van der Waals surface area contributed by atoms with E-state index in [-0.39, 0.29) is 0 Å². The predicted molar refractivity (Wildman–Crippen MR) is 113 cm³/mol. The fourth-order valence-corrected chi connectivity index (χ4v) is 2.85. The third kappa shape index (κ3) is 18.9. The monoisotopic (exact) mass is 358 g/mol. The van der Waals surface area contributed by atoms with Crippen molar-refractivity contribution in [1.29, 1.82) is 0 Å². The molecule has 2 heteroatoms. The summed E-state index contributed by atoms with van der Waals surface area (Å²) in [5.74, 6) is 4.55. The van der Waals surface area contributed by atoms with Gasteiger partial charge in [-0.25, -0.2) is 0 Å². The number of aliphatic hydroxyl groups is 2. The van der Waals surface area contributed by atoms with Crippen LogP contribution in [0.1, 0.15) is 89.9 Å². The number of aliphatic hydroxyl groups excluding tert-OH is 2. The second-order valence-corrected chi connectivity index (χ2v) is 6.90. The zero-order chi connectivity index (χ0) is 19.3. The third-order valence-corrected chi connectivity index (χ3v) is 4.47. The maximum Gasteiger partial charge on any atom is 0.133 e. The zero-order valence-electron chi connectivity index (χ0n) is 16.4. The summed E-state index contributed by atoms with van der Waals surface area (Å²) in [6.07, 6.45) is 33.8. The van der Waals surface area contributed by atoms with Gasteiger partial charge in [0, 0.05) is 0 Å². The van der Waals surface area contributed by atoms with Gasteiger partial charge in [-0.3, -0.25) is 0 Å². The first-order chi connectivity index (χ1) is 12.7. The fraction of sp³-hybridized carbons (Fsp3) is 0.667. The molecule has 2 nitrogen and oxygen atoms in total. The van der Waals surface area contributed by atoms with Gasteiger partial charge in [0.15, 0.2) is 0 Å². The van der Waals surface area contributed by atoms with E-state index in [1.165, 1.54) is 77.0 Å². The predicted octanol–water partition coefficient (Wildman–Crippen LogP) is 5.55. The van der Waals surface area contributed by atoms with Crippen molar-refractivity contribution in [1.82, 2.24) is 0 Å². The Morgan fingerprint density at radius 3 is 1.08 bits per heavy atom. The number of hydrogen-bond acceptors (Lipinski definition) is 2. The molecule has 0 spiro atoms. The molecule has 0 saturated carbocycles. The van der Waals surface area contributed by atoms with E-state index in [0.29, 0.717) is 0 Å². The fourth-order valence-electron chi connectivity index (χ4n) is 2.85. The Morgan fingerprint density at radius 2 is 0.808 bits per heavy atom. The molecule has 0 aliphatic carbocycles. The summed E-state index contributed by atoms with van der Waals surface area (Å²) in [4.78, 5) is 0. The Kier molecular flexibility index (Phi) is 18.7. The SMILES string of the molecule is C#CC(O)/C=C/CCCCCCCCCCCCCC/C=C/C(O)C#C. The van der Waals surface area contributed by atoms with Crippen LogP contribution in [0.25, 0.3) is 0 Å². The second-order valence-electron chi connectivity index (χ2n) is 6.90. The first-order valence-corrected chi connectivity index (χ1v) is 10.3. The molecule has 0 heterocycles.